The smallest absolute Gasteiger partial charge is 0.226 e. The number of rotatable bonds is 8. The molecule has 2 atom stereocenters. The van der Waals surface area contributed by atoms with Gasteiger partial charge in [-0.15, -0.1) is 0 Å². The predicted molar refractivity (Wildman–Crippen MR) is 126 cm³/mol. The van der Waals surface area contributed by atoms with Crippen molar-refractivity contribution < 1.29 is 14.3 Å². The van der Waals surface area contributed by atoms with Gasteiger partial charge in [0.1, 0.15) is 11.5 Å². The van der Waals surface area contributed by atoms with Gasteiger partial charge in [0, 0.05) is 12.1 Å². The fraction of sp³-hybridized carbons (Fsp3) is 0.500. The lowest BCUT2D eigenvalue weighted by Gasteiger charge is -2.37. The van der Waals surface area contributed by atoms with Gasteiger partial charge in [0.05, 0.1) is 19.6 Å². The van der Waals surface area contributed by atoms with Gasteiger partial charge >= 0.3 is 0 Å². The number of benzene rings is 2. The van der Waals surface area contributed by atoms with Crippen LogP contribution in [-0.4, -0.2) is 50.7 Å². The maximum Gasteiger partial charge on any atom is 0.226 e. The van der Waals surface area contributed by atoms with Crippen molar-refractivity contribution in [3.05, 3.63) is 59.7 Å². The number of ether oxygens (including phenoxy) is 2. The van der Waals surface area contributed by atoms with Crippen molar-refractivity contribution in [1.82, 2.24) is 10.2 Å². The highest BCUT2D eigenvalue weighted by Crippen LogP contribution is 2.41. The van der Waals surface area contributed by atoms with Crippen LogP contribution in [-0.2, 0) is 11.2 Å². The summed E-state index contributed by atoms with van der Waals surface area (Å²) in [6.07, 6.45) is 4.56. The van der Waals surface area contributed by atoms with Gasteiger partial charge in [-0.05, 0) is 87.1 Å². The number of amides is 1. The van der Waals surface area contributed by atoms with Gasteiger partial charge in [-0.2, -0.15) is 0 Å². The van der Waals surface area contributed by atoms with Crippen LogP contribution in [0.5, 0.6) is 11.5 Å². The molecule has 2 aromatic carbocycles. The van der Waals surface area contributed by atoms with Crippen molar-refractivity contribution in [2.45, 2.75) is 44.2 Å². The number of hydrogen-bond acceptors (Lipinski definition) is 5. The Morgan fingerprint density at radius 1 is 1.03 bits per heavy atom. The Bertz CT molecular complexity index is 890. The van der Waals surface area contributed by atoms with Crippen LogP contribution in [0.25, 0.3) is 0 Å². The lowest BCUT2D eigenvalue weighted by atomic mass is 9.75. The summed E-state index contributed by atoms with van der Waals surface area (Å²) < 4.78 is 10.5. The van der Waals surface area contributed by atoms with E-state index in [4.69, 9.17) is 15.2 Å². The number of methoxy groups -OCH3 is 2. The molecule has 2 aliphatic rings. The second kappa shape index (κ2) is 9.92. The number of piperidine rings is 1. The molecule has 0 bridgehead atoms. The van der Waals surface area contributed by atoms with Gasteiger partial charge in [0.2, 0.25) is 5.91 Å². The topological polar surface area (TPSA) is 76.8 Å². The molecule has 2 unspecified atom stereocenters. The van der Waals surface area contributed by atoms with Crippen molar-refractivity contribution in [3.63, 3.8) is 0 Å². The summed E-state index contributed by atoms with van der Waals surface area (Å²) >= 11 is 0. The molecule has 2 aliphatic heterocycles. The molecule has 2 fully saturated rings. The normalized spacial score (nSPS) is 21.3. The van der Waals surface area contributed by atoms with Gasteiger partial charge in [-0.3, -0.25) is 4.79 Å². The van der Waals surface area contributed by atoms with Crippen LogP contribution in [0.2, 0.25) is 0 Å². The van der Waals surface area contributed by atoms with E-state index in [9.17, 15) is 4.79 Å². The number of nitrogens with two attached hydrogens (primary N) is 1. The molecule has 172 valence electrons. The van der Waals surface area contributed by atoms with E-state index in [0.717, 1.165) is 68.8 Å². The molecular weight excluding hydrogens is 402 g/mol. The van der Waals surface area contributed by atoms with Crippen LogP contribution in [0.3, 0.4) is 0 Å². The fourth-order valence-electron chi connectivity index (χ4n) is 5.10. The summed E-state index contributed by atoms with van der Waals surface area (Å²) in [5.74, 6) is 1.95. The highest BCUT2D eigenvalue weighted by molar-refractivity contribution is 5.85. The highest BCUT2D eigenvalue weighted by Gasteiger charge is 2.47. The van der Waals surface area contributed by atoms with Crippen molar-refractivity contribution in [1.29, 1.82) is 0 Å². The van der Waals surface area contributed by atoms with Crippen LogP contribution < -0.4 is 20.5 Å². The van der Waals surface area contributed by atoms with Crippen molar-refractivity contribution >= 4 is 5.91 Å². The Balaban J connectivity index is 1.25. The molecule has 0 aliphatic carbocycles. The minimum atomic E-state index is -0.203. The molecule has 0 saturated carbocycles. The molecule has 1 amide bonds. The molecule has 0 radical (unpaired) electrons. The van der Waals surface area contributed by atoms with E-state index in [1.54, 1.807) is 14.2 Å². The minimum Gasteiger partial charge on any atom is -0.497 e. The van der Waals surface area contributed by atoms with Crippen LogP contribution in [0.1, 0.15) is 42.9 Å². The standard InChI is InChI=1S/C26H35N3O3/c1-31-22-7-3-19(4-8-22)17-21-18-26(25(30)28-21)12-15-29(16-13-26)14-11-24(27)20-5-9-23(32-2)10-6-20/h3-10,21,24H,11-18,27H2,1-2H3,(H,28,30). The molecule has 1 spiro atoms. The Kier molecular flexibility index (Phi) is 7.01. The number of carbonyl (C=O) groups is 1. The summed E-state index contributed by atoms with van der Waals surface area (Å²) in [5.41, 5.74) is 8.58. The Morgan fingerprint density at radius 3 is 2.22 bits per heavy atom. The molecule has 2 aromatic rings. The van der Waals surface area contributed by atoms with Gasteiger partial charge < -0.3 is 25.4 Å². The fourth-order valence-corrected chi connectivity index (χ4v) is 5.10. The maximum absolute atomic E-state index is 12.9. The van der Waals surface area contributed by atoms with Crippen molar-refractivity contribution in [2.75, 3.05) is 33.9 Å². The molecular formula is C26H35N3O3. The third-order valence-corrected chi connectivity index (χ3v) is 7.21. The quantitative estimate of drug-likeness (QED) is 0.663. The number of carbonyl (C=O) groups excluding carboxylic acids is 1. The molecule has 2 saturated heterocycles. The van der Waals surface area contributed by atoms with Crippen LogP contribution in [0.15, 0.2) is 48.5 Å². The minimum absolute atomic E-state index is 0.0143. The molecule has 4 rings (SSSR count). The van der Waals surface area contributed by atoms with E-state index < -0.39 is 0 Å². The zero-order valence-electron chi connectivity index (χ0n) is 19.2. The van der Waals surface area contributed by atoms with Gasteiger partial charge in [-0.1, -0.05) is 24.3 Å². The lowest BCUT2D eigenvalue weighted by molar-refractivity contribution is -0.130. The Morgan fingerprint density at radius 2 is 1.62 bits per heavy atom. The third-order valence-electron chi connectivity index (χ3n) is 7.21. The predicted octanol–water partition coefficient (Wildman–Crippen LogP) is 3.31. The summed E-state index contributed by atoms with van der Waals surface area (Å²) in [7, 11) is 3.35. The summed E-state index contributed by atoms with van der Waals surface area (Å²) in [5, 5.41) is 3.27. The van der Waals surface area contributed by atoms with Crippen LogP contribution in [0, 0.1) is 5.41 Å². The molecule has 6 nitrogen and oxygen atoms in total. The van der Waals surface area contributed by atoms with Gasteiger partial charge in [0.25, 0.3) is 0 Å². The summed E-state index contributed by atoms with van der Waals surface area (Å²) in [4.78, 5) is 15.3. The first-order valence-electron chi connectivity index (χ1n) is 11.6. The number of likely N-dealkylation sites (tertiary alicyclic amines) is 1. The van der Waals surface area contributed by atoms with Crippen LogP contribution >= 0.6 is 0 Å². The van der Waals surface area contributed by atoms with E-state index in [2.05, 4.69) is 22.3 Å². The molecule has 2 heterocycles. The number of nitrogens with one attached hydrogen (secondary N) is 1. The zero-order valence-corrected chi connectivity index (χ0v) is 19.2. The molecule has 32 heavy (non-hydrogen) atoms. The van der Waals surface area contributed by atoms with Gasteiger partial charge in [-0.25, -0.2) is 0 Å². The van der Waals surface area contributed by atoms with E-state index in [-0.39, 0.29) is 23.4 Å². The summed E-state index contributed by atoms with van der Waals surface area (Å²) in [6.45, 7) is 2.87. The zero-order chi connectivity index (χ0) is 22.6. The van der Waals surface area contributed by atoms with E-state index >= 15 is 0 Å². The SMILES string of the molecule is COc1ccc(CC2CC3(CCN(CCC(N)c4ccc(OC)cc4)CC3)C(=O)N2)cc1. The highest BCUT2D eigenvalue weighted by atomic mass is 16.5. The average molecular weight is 438 g/mol. The Labute approximate surface area is 191 Å². The number of nitrogens with zero attached hydrogens (tertiary/aromatic N) is 1. The lowest BCUT2D eigenvalue weighted by Crippen LogP contribution is -2.44. The molecule has 6 heteroatoms. The largest absolute Gasteiger partial charge is 0.497 e. The molecule has 0 aromatic heterocycles. The van der Waals surface area contributed by atoms with Crippen molar-refractivity contribution in [3.8, 4) is 11.5 Å². The maximum atomic E-state index is 12.9. The molecule has 3 N–H and O–H groups in total. The van der Waals surface area contributed by atoms with E-state index in [1.807, 2.05) is 36.4 Å². The first-order valence-corrected chi connectivity index (χ1v) is 11.6. The van der Waals surface area contributed by atoms with Crippen LogP contribution in [0.4, 0.5) is 0 Å². The van der Waals surface area contributed by atoms with E-state index in [0.29, 0.717) is 0 Å². The first-order chi connectivity index (χ1) is 15.5. The van der Waals surface area contributed by atoms with Crippen molar-refractivity contribution in [2.24, 2.45) is 11.1 Å². The first kappa shape index (κ1) is 22.6. The monoisotopic (exact) mass is 437 g/mol. The second-order valence-corrected chi connectivity index (χ2v) is 9.22. The average Bonchev–Trinajstić information content (AvgIpc) is 3.13. The Hall–Kier alpha value is -2.57. The van der Waals surface area contributed by atoms with E-state index in [1.165, 1.54) is 5.56 Å². The van der Waals surface area contributed by atoms with Gasteiger partial charge in [0.15, 0.2) is 0 Å². The third kappa shape index (κ3) is 5.08. The second-order valence-electron chi connectivity index (χ2n) is 9.22. The number of hydrogen-bond donors (Lipinski definition) is 2. The summed E-state index contributed by atoms with van der Waals surface area (Å²) in [6, 6.07) is 16.4.